The minimum Gasteiger partial charge on any atom is -0.381 e. The van der Waals surface area contributed by atoms with E-state index >= 15 is 0 Å². The number of rotatable bonds is 5. The van der Waals surface area contributed by atoms with Gasteiger partial charge in [0.1, 0.15) is 0 Å². The van der Waals surface area contributed by atoms with Crippen molar-refractivity contribution in [1.29, 1.82) is 0 Å². The first-order valence-electron chi connectivity index (χ1n) is 9.25. The van der Waals surface area contributed by atoms with Gasteiger partial charge in [-0.15, -0.1) is 0 Å². The summed E-state index contributed by atoms with van der Waals surface area (Å²) < 4.78 is 8.25. The number of nitrogens with one attached hydrogen (secondary N) is 1. The van der Waals surface area contributed by atoms with Crippen LogP contribution < -0.4 is 5.32 Å². The molecule has 1 saturated heterocycles. The van der Waals surface area contributed by atoms with E-state index in [1.54, 1.807) is 17.1 Å². The van der Waals surface area contributed by atoms with Gasteiger partial charge in [-0.3, -0.25) is 4.79 Å². The maximum atomic E-state index is 13.4. The van der Waals surface area contributed by atoms with Crippen LogP contribution in [-0.4, -0.2) is 33.9 Å². The Morgan fingerprint density at radius 3 is 2.64 bits per heavy atom. The molecule has 28 heavy (non-hydrogen) atoms. The van der Waals surface area contributed by atoms with Gasteiger partial charge in [-0.25, -0.2) is 9.67 Å². The maximum Gasteiger partial charge on any atom is 0.231 e. The molecule has 2 aromatic heterocycles. The van der Waals surface area contributed by atoms with E-state index in [4.69, 9.17) is 4.74 Å². The first-order valence-corrected chi connectivity index (χ1v) is 10.0. The average molecular weight is 441 g/mol. The number of amides is 1. The molecule has 1 aliphatic rings. The van der Waals surface area contributed by atoms with Crippen molar-refractivity contribution in [2.45, 2.75) is 24.8 Å². The summed E-state index contributed by atoms with van der Waals surface area (Å²) in [6.45, 7) is 1.55. The molecule has 144 valence electrons. The predicted molar refractivity (Wildman–Crippen MR) is 109 cm³/mol. The minimum atomic E-state index is -0.576. The van der Waals surface area contributed by atoms with Gasteiger partial charge < -0.3 is 10.1 Å². The first kappa shape index (κ1) is 18.8. The predicted octanol–water partition coefficient (Wildman–Crippen LogP) is 3.39. The molecule has 4 rings (SSSR count). The van der Waals surface area contributed by atoms with E-state index in [0.29, 0.717) is 32.6 Å². The second-order valence-electron chi connectivity index (χ2n) is 6.82. The van der Waals surface area contributed by atoms with Gasteiger partial charge in [-0.2, -0.15) is 5.10 Å². The lowest BCUT2D eigenvalue weighted by molar-refractivity contribution is -0.130. The van der Waals surface area contributed by atoms with Crippen LogP contribution in [0.15, 0.2) is 65.5 Å². The molecular weight excluding hydrogens is 420 g/mol. The lowest BCUT2D eigenvalue weighted by atomic mass is 9.73. The number of halogens is 1. The van der Waals surface area contributed by atoms with Crippen LogP contribution >= 0.6 is 15.9 Å². The van der Waals surface area contributed by atoms with Crippen LogP contribution in [0.25, 0.3) is 5.82 Å². The van der Waals surface area contributed by atoms with E-state index in [9.17, 15) is 4.79 Å². The van der Waals surface area contributed by atoms with Gasteiger partial charge in [0.25, 0.3) is 0 Å². The summed E-state index contributed by atoms with van der Waals surface area (Å²) in [5.74, 6) is 0.742. The summed E-state index contributed by atoms with van der Waals surface area (Å²) in [6, 6.07) is 13.7. The largest absolute Gasteiger partial charge is 0.381 e. The van der Waals surface area contributed by atoms with E-state index in [1.807, 2.05) is 48.7 Å². The molecule has 0 unspecified atom stereocenters. The van der Waals surface area contributed by atoms with Crippen LogP contribution in [0.4, 0.5) is 0 Å². The number of carbonyl (C=O) groups is 1. The van der Waals surface area contributed by atoms with Crippen molar-refractivity contribution in [2.24, 2.45) is 0 Å². The van der Waals surface area contributed by atoms with Gasteiger partial charge in [0.15, 0.2) is 5.82 Å². The highest BCUT2D eigenvalue weighted by Crippen LogP contribution is 2.36. The van der Waals surface area contributed by atoms with Crippen LogP contribution in [0.2, 0.25) is 0 Å². The third-order valence-corrected chi connectivity index (χ3v) is 5.73. The Balaban J connectivity index is 1.57. The van der Waals surface area contributed by atoms with Crippen molar-refractivity contribution in [3.63, 3.8) is 0 Å². The zero-order chi connectivity index (χ0) is 19.4. The standard InChI is InChI=1S/C21H21BrN4O2/c22-18-6-4-17(5-7-18)21(8-13-28-14-9-21)20(27)24-15-16-3-1-10-23-19(16)26-12-2-11-25-26/h1-7,10-12H,8-9,13-15H2,(H,24,27). The normalized spacial score (nSPS) is 15.9. The number of nitrogens with zero attached hydrogens (tertiary/aromatic N) is 3. The summed E-state index contributed by atoms with van der Waals surface area (Å²) in [6.07, 6.45) is 6.61. The van der Waals surface area contributed by atoms with Crippen LogP contribution in [0.1, 0.15) is 24.0 Å². The van der Waals surface area contributed by atoms with E-state index < -0.39 is 5.41 Å². The Morgan fingerprint density at radius 2 is 1.93 bits per heavy atom. The molecule has 1 N–H and O–H groups in total. The molecule has 1 aliphatic heterocycles. The lowest BCUT2D eigenvalue weighted by Crippen LogP contribution is -2.47. The molecule has 0 aliphatic carbocycles. The fourth-order valence-corrected chi connectivity index (χ4v) is 3.91. The summed E-state index contributed by atoms with van der Waals surface area (Å²) in [4.78, 5) is 17.8. The third-order valence-electron chi connectivity index (χ3n) is 5.21. The number of ether oxygens (including phenoxy) is 1. The third kappa shape index (κ3) is 3.72. The zero-order valence-corrected chi connectivity index (χ0v) is 16.9. The second-order valence-corrected chi connectivity index (χ2v) is 7.74. The zero-order valence-electron chi connectivity index (χ0n) is 15.3. The molecule has 6 nitrogen and oxygen atoms in total. The topological polar surface area (TPSA) is 69.0 Å². The molecule has 1 amide bonds. The van der Waals surface area contributed by atoms with E-state index in [1.165, 1.54) is 0 Å². The van der Waals surface area contributed by atoms with Crippen molar-refractivity contribution in [1.82, 2.24) is 20.1 Å². The Hall–Kier alpha value is -2.51. The molecular formula is C21H21BrN4O2. The van der Waals surface area contributed by atoms with Gasteiger partial charge in [0.05, 0.1) is 5.41 Å². The first-order chi connectivity index (χ1) is 13.7. The fraction of sp³-hybridized carbons (Fsp3) is 0.286. The highest BCUT2D eigenvalue weighted by molar-refractivity contribution is 9.10. The Morgan fingerprint density at radius 1 is 1.14 bits per heavy atom. The van der Waals surface area contributed by atoms with Gasteiger partial charge in [0.2, 0.25) is 5.91 Å². The number of hydrogen-bond donors (Lipinski definition) is 1. The summed E-state index contributed by atoms with van der Waals surface area (Å²) in [5, 5.41) is 7.39. The summed E-state index contributed by atoms with van der Waals surface area (Å²) in [7, 11) is 0. The number of benzene rings is 1. The molecule has 3 aromatic rings. The van der Waals surface area contributed by atoms with Crippen LogP contribution in [0, 0.1) is 0 Å². The van der Waals surface area contributed by atoms with E-state index in [2.05, 4.69) is 31.3 Å². The van der Waals surface area contributed by atoms with Crippen LogP contribution in [0.5, 0.6) is 0 Å². The van der Waals surface area contributed by atoms with Crippen molar-refractivity contribution < 1.29 is 9.53 Å². The van der Waals surface area contributed by atoms with Crippen molar-refractivity contribution in [2.75, 3.05) is 13.2 Å². The van der Waals surface area contributed by atoms with Crippen molar-refractivity contribution in [3.05, 3.63) is 76.7 Å². The molecule has 1 aromatic carbocycles. The van der Waals surface area contributed by atoms with Crippen LogP contribution in [0.3, 0.4) is 0 Å². The van der Waals surface area contributed by atoms with Gasteiger partial charge in [-0.1, -0.05) is 34.1 Å². The number of aromatic nitrogens is 3. The summed E-state index contributed by atoms with van der Waals surface area (Å²) >= 11 is 3.47. The second kappa shape index (κ2) is 8.24. The van der Waals surface area contributed by atoms with Gasteiger partial charge in [-0.05, 0) is 42.7 Å². The number of hydrogen-bond acceptors (Lipinski definition) is 4. The highest BCUT2D eigenvalue weighted by atomic mass is 79.9. The number of pyridine rings is 1. The average Bonchev–Trinajstić information content (AvgIpc) is 3.28. The van der Waals surface area contributed by atoms with E-state index in [0.717, 1.165) is 21.4 Å². The molecule has 0 spiro atoms. The highest BCUT2D eigenvalue weighted by Gasteiger charge is 2.41. The molecule has 7 heteroatoms. The Bertz CT molecular complexity index is 935. The van der Waals surface area contributed by atoms with Gasteiger partial charge >= 0.3 is 0 Å². The minimum absolute atomic E-state index is 0.0217. The molecule has 3 heterocycles. The Labute approximate surface area is 172 Å². The maximum absolute atomic E-state index is 13.4. The van der Waals surface area contributed by atoms with Crippen molar-refractivity contribution >= 4 is 21.8 Å². The smallest absolute Gasteiger partial charge is 0.231 e. The van der Waals surface area contributed by atoms with Gasteiger partial charge in [0, 0.05) is 48.4 Å². The molecule has 0 bridgehead atoms. The Kier molecular flexibility index (Phi) is 5.54. The molecule has 0 saturated carbocycles. The lowest BCUT2D eigenvalue weighted by Gasteiger charge is -2.36. The fourth-order valence-electron chi connectivity index (χ4n) is 3.65. The molecule has 1 fully saturated rings. The SMILES string of the molecule is O=C(NCc1cccnc1-n1cccn1)C1(c2ccc(Br)cc2)CCOCC1. The van der Waals surface area contributed by atoms with E-state index in [-0.39, 0.29) is 5.91 Å². The quantitative estimate of drug-likeness (QED) is 0.659. The van der Waals surface area contributed by atoms with Crippen LogP contribution in [-0.2, 0) is 21.5 Å². The van der Waals surface area contributed by atoms with Crippen molar-refractivity contribution in [3.8, 4) is 5.82 Å². The monoisotopic (exact) mass is 440 g/mol. The number of carbonyl (C=O) groups excluding carboxylic acids is 1. The summed E-state index contributed by atoms with van der Waals surface area (Å²) in [5.41, 5.74) is 1.36. The molecule has 0 atom stereocenters. The molecule has 0 radical (unpaired) electrons.